The molecule has 0 spiro atoms. The standard InChI is InChI=1S/C15H24O4.Li.H/c16-13(17)15(14(18)19,11-7-3-1-4-8-11)12-9-5-2-6-10-12;;/h11-12H,1-10H2,(H,16,17)(H,18,19);;/q;+1;-1. The van der Waals surface area contributed by atoms with Crippen LogP contribution in [0.2, 0.25) is 0 Å². The molecule has 2 rings (SSSR count). The smallest absolute Gasteiger partial charge is 1.00 e. The SMILES string of the molecule is O=C(O)C(C(=O)O)(C1CCCCC1)C1CCCCC1.[H-].[Li+]. The van der Waals surface area contributed by atoms with Crippen molar-refractivity contribution in [1.82, 2.24) is 0 Å². The van der Waals surface area contributed by atoms with Crippen molar-refractivity contribution in [2.24, 2.45) is 17.3 Å². The van der Waals surface area contributed by atoms with Crippen LogP contribution >= 0.6 is 0 Å². The molecule has 5 heteroatoms. The Bertz CT molecular complexity index is 316. The fourth-order valence-electron chi connectivity index (χ4n) is 4.24. The van der Waals surface area contributed by atoms with Crippen LogP contribution in [0.4, 0.5) is 0 Å². The monoisotopic (exact) mass is 276 g/mol. The predicted octanol–water partition coefficient (Wildman–Crippen LogP) is 0.419. The van der Waals surface area contributed by atoms with Crippen molar-refractivity contribution >= 4 is 11.9 Å². The number of rotatable bonds is 4. The van der Waals surface area contributed by atoms with Crippen molar-refractivity contribution < 1.29 is 40.1 Å². The first-order chi connectivity index (χ1) is 9.10. The summed E-state index contributed by atoms with van der Waals surface area (Å²) in [6.07, 6.45) is 9.14. The van der Waals surface area contributed by atoms with Crippen LogP contribution in [0.5, 0.6) is 0 Å². The third kappa shape index (κ3) is 3.07. The van der Waals surface area contributed by atoms with E-state index in [1.54, 1.807) is 0 Å². The van der Waals surface area contributed by atoms with Crippen molar-refractivity contribution in [3.05, 3.63) is 0 Å². The van der Waals surface area contributed by atoms with Crippen molar-refractivity contribution in [3.63, 3.8) is 0 Å². The molecule has 0 aromatic heterocycles. The summed E-state index contributed by atoms with van der Waals surface area (Å²) in [4.78, 5) is 23.8. The average Bonchev–Trinajstić information content (AvgIpc) is 2.41. The molecule has 2 aliphatic carbocycles. The fraction of sp³-hybridized carbons (Fsp3) is 0.867. The Morgan fingerprint density at radius 1 is 0.750 bits per heavy atom. The van der Waals surface area contributed by atoms with E-state index in [2.05, 4.69) is 0 Å². The van der Waals surface area contributed by atoms with Gasteiger partial charge in [0.25, 0.3) is 0 Å². The number of aliphatic carboxylic acids is 2. The Morgan fingerprint density at radius 3 is 1.30 bits per heavy atom. The van der Waals surface area contributed by atoms with Gasteiger partial charge in [0.15, 0.2) is 5.41 Å². The molecule has 4 nitrogen and oxygen atoms in total. The maximum Gasteiger partial charge on any atom is 1.00 e. The zero-order chi connectivity index (χ0) is 13.9. The van der Waals surface area contributed by atoms with Gasteiger partial charge in [-0.2, -0.15) is 0 Å². The van der Waals surface area contributed by atoms with Gasteiger partial charge in [0, 0.05) is 0 Å². The van der Waals surface area contributed by atoms with Crippen LogP contribution < -0.4 is 18.9 Å². The maximum atomic E-state index is 11.9. The number of carbonyl (C=O) groups is 2. The van der Waals surface area contributed by atoms with Crippen LogP contribution in [0.3, 0.4) is 0 Å². The second kappa shape index (κ2) is 7.52. The largest absolute Gasteiger partial charge is 1.00 e. The molecule has 0 bridgehead atoms. The van der Waals surface area contributed by atoms with E-state index < -0.39 is 17.4 Å². The van der Waals surface area contributed by atoms with E-state index in [1.807, 2.05) is 0 Å². The summed E-state index contributed by atoms with van der Waals surface area (Å²) >= 11 is 0. The van der Waals surface area contributed by atoms with Gasteiger partial charge in [-0.3, -0.25) is 9.59 Å². The van der Waals surface area contributed by atoms with E-state index >= 15 is 0 Å². The summed E-state index contributed by atoms with van der Waals surface area (Å²) in [7, 11) is 0. The maximum absolute atomic E-state index is 11.9. The van der Waals surface area contributed by atoms with Gasteiger partial charge in [0.2, 0.25) is 0 Å². The number of hydrogen-bond acceptors (Lipinski definition) is 2. The van der Waals surface area contributed by atoms with Crippen LogP contribution in [-0.2, 0) is 9.59 Å². The summed E-state index contributed by atoms with van der Waals surface area (Å²) in [5, 5.41) is 19.4. The molecule has 0 heterocycles. The first-order valence-corrected chi connectivity index (χ1v) is 7.57. The van der Waals surface area contributed by atoms with E-state index in [-0.39, 0.29) is 32.1 Å². The molecule has 0 aliphatic heterocycles. The minimum atomic E-state index is -1.53. The summed E-state index contributed by atoms with van der Waals surface area (Å²) in [5.74, 6) is -2.56. The van der Waals surface area contributed by atoms with E-state index in [4.69, 9.17) is 0 Å². The molecule has 0 radical (unpaired) electrons. The molecule has 2 N–H and O–H groups in total. The Labute approximate surface area is 134 Å². The second-order valence-electron chi connectivity index (χ2n) is 6.15. The van der Waals surface area contributed by atoms with Crippen molar-refractivity contribution in [2.45, 2.75) is 64.2 Å². The van der Waals surface area contributed by atoms with Gasteiger partial charge < -0.3 is 11.6 Å². The summed E-state index contributed by atoms with van der Waals surface area (Å²) in [6.45, 7) is 0. The Kier molecular flexibility index (Phi) is 6.61. The van der Waals surface area contributed by atoms with Gasteiger partial charge in [-0.1, -0.05) is 38.5 Å². The second-order valence-corrected chi connectivity index (χ2v) is 6.15. The molecule has 2 aliphatic rings. The van der Waals surface area contributed by atoms with Gasteiger partial charge in [-0.05, 0) is 37.5 Å². The van der Waals surface area contributed by atoms with E-state index in [1.165, 1.54) is 0 Å². The minimum Gasteiger partial charge on any atom is -1.00 e. The van der Waals surface area contributed by atoms with Gasteiger partial charge in [0.05, 0.1) is 0 Å². The average molecular weight is 276 g/mol. The Balaban J connectivity index is 0.00000200. The normalized spacial score (nSPS) is 22.0. The van der Waals surface area contributed by atoms with Gasteiger partial charge >= 0.3 is 30.8 Å². The molecular weight excluding hydrogens is 251 g/mol. The minimum absolute atomic E-state index is 0. The topological polar surface area (TPSA) is 74.6 Å². The van der Waals surface area contributed by atoms with Crippen LogP contribution in [0, 0.1) is 17.3 Å². The molecule has 110 valence electrons. The van der Waals surface area contributed by atoms with Gasteiger partial charge in [-0.15, -0.1) is 0 Å². The summed E-state index contributed by atoms with van der Waals surface area (Å²) in [6, 6.07) is 0. The number of carboxylic acids is 2. The van der Waals surface area contributed by atoms with Crippen LogP contribution in [0.25, 0.3) is 0 Å². The predicted molar refractivity (Wildman–Crippen MR) is 72.0 cm³/mol. The first-order valence-electron chi connectivity index (χ1n) is 7.57. The molecule has 0 unspecified atom stereocenters. The molecule has 20 heavy (non-hydrogen) atoms. The fourth-order valence-corrected chi connectivity index (χ4v) is 4.24. The Hall–Kier alpha value is -0.463. The third-order valence-corrected chi connectivity index (χ3v) is 5.21. The quantitative estimate of drug-likeness (QED) is 0.576. The molecule has 0 atom stereocenters. The van der Waals surface area contributed by atoms with Crippen LogP contribution in [0.15, 0.2) is 0 Å². The van der Waals surface area contributed by atoms with E-state index in [9.17, 15) is 19.8 Å². The molecule has 0 aromatic rings. The van der Waals surface area contributed by atoms with Crippen LogP contribution in [0.1, 0.15) is 65.6 Å². The number of carboxylic acid groups (broad SMARTS) is 2. The van der Waals surface area contributed by atoms with Crippen molar-refractivity contribution in [2.75, 3.05) is 0 Å². The van der Waals surface area contributed by atoms with Crippen LogP contribution in [-0.4, -0.2) is 22.2 Å². The third-order valence-electron chi connectivity index (χ3n) is 5.21. The van der Waals surface area contributed by atoms with E-state index in [0.717, 1.165) is 64.2 Å². The molecule has 0 saturated heterocycles. The van der Waals surface area contributed by atoms with Gasteiger partial charge in [-0.25, -0.2) is 0 Å². The molecular formula is C15H25LiO4. The van der Waals surface area contributed by atoms with Crippen molar-refractivity contribution in [1.29, 1.82) is 0 Å². The molecule has 2 saturated carbocycles. The zero-order valence-electron chi connectivity index (χ0n) is 13.4. The van der Waals surface area contributed by atoms with Gasteiger partial charge in [0.1, 0.15) is 0 Å². The molecule has 0 aromatic carbocycles. The first kappa shape index (κ1) is 17.6. The zero-order valence-corrected chi connectivity index (χ0v) is 12.4. The van der Waals surface area contributed by atoms with E-state index in [0.29, 0.717) is 0 Å². The Morgan fingerprint density at radius 2 is 1.05 bits per heavy atom. The summed E-state index contributed by atoms with van der Waals surface area (Å²) in [5.41, 5.74) is -1.53. The molecule has 0 amide bonds. The van der Waals surface area contributed by atoms with Crippen molar-refractivity contribution in [3.8, 4) is 0 Å². The molecule has 2 fully saturated rings. The number of hydrogen-bond donors (Lipinski definition) is 2. The summed E-state index contributed by atoms with van der Waals surface area (Å²) < 4.78 is 0.